The van der Waals surface area contributed by atoms with Gasteiger partial charge in [0.2, 0.25) is 0 Å². The number of ether oxygens (including phenoxy) is 1. The maximum atomic E-state index is 11.3. The van der Waals surface area contributed by atoms with E-state index in [1.165, 1.54) is 7.11 Å². The lowest BCUT2D eigenvalue weighted by atomic mass is 10.2. The van der Waals surface area contributed by atoms with Crippen molar-refractivity contribution in [3.8, 4) is 0 Å². The third-order valence-electron chi connectivity index (χ3n) is 2.64. The highest BCUT2D eigenvalue weighted by Crippen LogP contribution is 2.19. The number of thioether (sulfide) groups is 1. The number of carbonyl (C=O) groups is 1. The van der Waals surface area contributed by atoms with Crippen LogP contribution in [-0.4, -0.2) is 50.2 Å². The van der Waals surface area contributed by atoms with Crippen molar-refractivity contribution in [3.63, 3.8) is 0 Å². The molecular weight excluding hydrogens is 250 g/mol. The largest absolute Gasteiger partial charge is 0.469 e. The van der Waals surface area contributed by atoms with Crippen molar-refractivity contribution in [1.82, 2.24) is 10.6 Å². The van der Waals surface area contributed by atoms with Crippen LogP contribution in [0.15, 0.2) is 4.99 Å². The van der Waals surface area contributed by atoms with Gasteiger partial charge < -0.3 is 15.4 Å². The van der Waals surface area contributed by atoms with E-state index >= 15 is 0 Å². The molecule has 0 saturated carbocycles. The minimum atomic E-state index is -0.220. The van der Waals surface area contributed by atoms with Gasteiger partial charge in [-0.05, 0) is 20.1 Å². The third kappa shape index (κ3) is 6.74. The minimum Gasteiger partial charge on any atom is -0.469 e. The first kappa shape index (κ1) is 17.1. The molecule has 0 aromatic rings. The van der Waals surface area contributed by atoms with Gasteiger partial charge in [0.05, 0.1) is 13.0 Å². The Morgan fingerprint density at radius 3 is 2.50 bits per heavy atom. The zero-order valence-corrected chi connectivity index (χ0v) is 13.0. The number of hydrogen-bond acceptors (Lipinski definition) is 4. The van der Waals surface area contributed by atoms with E-state index in [-0.39, 0.29) is 16.6 Å². The molecule has 1 atom stereocenters. The highest BCUT2D eigenvalue weighted by molar-refractivity contribution is 7.99. The second-order valence-corrected chi connectivity index (χ2v) is 6.21. The molecule has 6 heteroatoms. The summed E-state index contributed by atoms with van der Waals surface area (Å²) in [6.07, 6.45) is 2.08. The van der Waals surface area contributed by atoms with Crippen LogP contribution in [0.4, 0.5) is 0 Å². The smallest absolute Gasteiger partial charge is 0.310 e. The van der Waals surface area contributed by atoms with Crippen LogP contribution in [0, 0.1) is 5.92 Å². The van der Waals surface area contributed by atoms with Gasteiger partial charge in [-0.2, -0.15) is 11.8 Å². The van der Waals surface area contributed by atoms with Crippen molar-refractivity contribution >= 4 is 23.7 Å². The fraction of sp³-hybridized carbons (Fsp3) is 0.833. The molecule has 0 heterocycles. The summed E-state index contributed by atoms with van der Waals surface area (Å²) in [7, 11) is 3.11. The van der Waals surface area contributed by atoms with Gasteiger partial charge in [0.25, 0.3) is 0 Å². The van der Waals surface area contributed by atoms with Crippen LogP contribution in [0.2, 0.25) is 0 Å². The number of nitrogens with zero attached hydrogens (tertiary/aromatic N) is 1. The third-order valence-corrected chi connectivity index (χ3v) is 3.89. The van der Waals surface area contributed by atoms with E-state index in [0.29, 0.717) is 12.5 Å². The van der Waals surface area contributed by atoms with Crippen molar-refractivity contribution in [1.29, 1.82) is 0 Å². The molecule has 2 N–H and O–H groups in total. The Bertz CT molecular complexity index is 293. The van der Waals surface area contributed by atoms with Crippen LogP contribution in [0.25, 0.3) is 0 Å². The maximum absolute atomic E-state index is 11.3. The molecule has 0 aliphatic carbocycles. The van der Waals surface area contributed by atoms with E-state index in [1.807, 2.05) is 6.92 Å². The predicted octanol–water partition coefficient (Wildman–Crippen LogP) is 1.10. The highest BCUT2D eigenvalue weighted by Gasteiger charge is 2.17. The Hall–Kier alpha value is -0.910. The summed E-state index contributed by atoms with van der Waals surface area (Å²) in [5.41, 5.74) is 0. The van der Waals surface area contributed by atoms with Crippen LogP contribution < -0.4 is 10.6 Å². The fourth-order valence-corrected chi connectivity index (χ4v) is 1.34. The summed E-state index contributed by atoms with van der Waals surface area (Å²) in [5, 5.41) is 6.35. The van der Waals surface area contributed by atoms with E-state index < -0.39 is 0 Å². The number of guanidine groups is 1. The molecule has 1 unspecified atom stereocenters. The van der Waals surface area contributed by atoms with E-state index in [4.69, 9.17) is 0 Å². The quantitative estimate of drug-likeness (QED) is 0.432. The summed E-state index contributed by atoms with van der Waals surface area (Å²) in [4.78, 5) is 15.4. The van der Waals surface area contributed by atoms with E-state index in [1.54, 1.807) is 18.8 Å². The number of rotatable bonds is 6. The number of methoxy groups -OCH3 is 1. The zero-order chi connectivity index (χ0) is 14.2. The van der Waals surface area contributed by atoms with Gasteiger partial charge in [0, 0.05) is 24.9 Å². The molecule has 0 spiro atoms. The van der Waals surface area contributed by atoms with Gasteiger partial charge in [-0.25, -0.2) is 0 Å². The molecule has 106 valence electrons. The Labute approximate surface area is 114 Å². The molecule has 0 amide bonds. The van der Waals surface area contributed by atoms with Crippen molar-refractivity contribution in [2.24, 2.45) is 10.9 Å². The normalized spacial score (nSPS) is 14.0. The molecule has 5 nitrogen and oxygen atoms in total. The number of nitrogens with one attached hydrogen (secondary N) is 2. The van der Waals surface area contributed by atoms with Gasteiger partial charge in [-0.3, -0.25) is 9.79 Å². The topological polar surface area (TPSA) is 62.7 Å². The van der Waals surface area contributed by atoms with Crippen molar-refractivity contribution in [2.45, 2.75) is 25.5 Å². The van der Waals surface area contributed by atoms with Crippen molar-refractivity contribution in [3.05, 3.63) is 0 Å². The van der Waals surface area contributed by atoms with Gasteiger partial charge in [-0.1, -0.05) is 6.92 Å². The first-order valence-corrected chi connectivity index (χ1v) is 7.16. The number of esters is 1. The molecular formula is C12H25N3O2S. The molecule has 0 bridgehead atoms. The Morgan fingerprint density at radius 2 is 2.06 bits per heavy atom. The lowest BCUT2D eigenvalue weighted by Gasteiger charge is -2.24. The first-order chi connectivity index (χ1) is 8.36. The van der Waals surface area contributed by atoms with Gasteiger partial charge in [0.1, 0.15) is 0 Å². The summed E-state index contributed by atoms with van der Waals surface area (Å²) < 4.78 is 4.81. The summed E-state index contributed by atoms with van der Waals surface area (Å²) in [5.74, 6) is 0.289. The molecule has 0 fully saturated rings. The number of hydrogen-bond donors (Lipinski definition) is 2. The van der Waals surface area contributed by atoms with Gasteiger partial charge in [0.15, 0.2) is 5.96 Å². The average molecular weight is 275 g/mol. The fourth-order valence-electron chi connectivity index (χ4n) is 1.12. The second-order valence-electron chi connectivity index (χ2n) is 4.69. The summed E-state index contributed by atoms with van der Waals surface area (Å²) in [6, 6.07) is 0. The standard InChI is InChI=1S/C12H25N3O2S/c1-9(10(16)17-5)7-14-11(13-4)15-8-12(2,3)18-6/h9H,7-8H2,1-6H3,(H2,13,14,15). The monoisotopic (exact) mass is 275 g/mol. The number of aliphatic imine (C=N–C) groups is 1. The SMILES string of the molecule is CN=C(NCC(C)C(=O)OC)NCC(C)(C)SC. The van der Waals surface area contributed by atoms with E-state index in [0.717, 1.165) is 6.54 Å². The van der Waals surface area contributed by atoms with E-state index in [2.05, 4.69) is 40.5 Å². The Balaban J connectivity index is 4.11. The van der Waals surface area contributed by atoms with Crippen molar-refractivity contribution < 1.29 is 9.53 Å². The zero-order valence-electron chi connectivity index (χ0n) is 12.2. The summed E-state index contributed by atoms with van der Waals surface area (Å²) >= 11 is 1.79. The lowest BCUT2D eigenvalue weighted by molar-refractivity contribution is -0.144. The predicted molar refractivity (Wildman–Crippen MR) is 78.1 cm³/mol. The molecule has 0 rings (SSSR count). The van der Waals surface area contributed by atoms with Crippen LogP contribution >= 0.6 is 11.8 Å². The molecule has 0 aliphatic heterocycles. The van der Waals surface area contributed by atoms with Gasteiger partial charge in [-0.15, -0.1) is 0 Å². The highest BCUT2D eigenvalue weighted by atomic mass is 32.2. The Kier molecular flexibility index (Phi) is 7.82. The lowest BCUT2D eigenvalue weighted by Crippen LogP contribution is -2.45. The average Bonchev–Trinajstić information content (AvgIpc) is 2.37. The molecule has 0 saturated heterocycles. The van der Waals surface area contributed by atoms with Crippen LogP contribution in [0.3, 0.4) is 0 Å². The molecule has 0 aromatic carbocycles. The maximum Gasteiger partial charge on any atom is 0.310 e. The first-order valence-electron chi connectivity index (χ1n) is 5.93. The van der Waals surface area contributed by atoms with Gasteiger partial charge >= 0.3 is 5.97 Å². The van der Waals surface area contributed by atoms with Crippen LogP contribution in [0.1, 0.15) is 20.8 Å². The Morgan fingerprint density at radius 1 is 1.44 bits per heavy atom. The number of carbonyl (C=O) groups excluding carboxylic acids is 1. The van der Waals surface area contributed by atoms with E-state index in [9.17, 15) is 4.79 Å². The second kappa shape index (κ2) is 8.24. The van der Waals surface area contributed by atoms with Crippen LogP contribution in [0.5, 0.6) is 0 Å². The summed E-state index contributed by atoms with van der Waals surface area (Å²) in [6.45, 7) is 7.45. The van der Waals surface area contributed by atoms with Crippen molar-refractivity contribution in [2.75, 3.05) is 33.5 Å². The molecule has 0 aliphatic rings. The molecule has 18 heavy (non-hydrogen) atoms. The van der Waals surface area contributed by atoms with Crippen LogP contribution in [-0.2, 0) is 9.53 Å². The minimum absolute atomic E-state index is 0.144. The molecule has 0 radical (unpaired) electrons. The molecule has 0 aromatic heterocycles.